The van der Waals surface area contributed by atoms with Gasteiger partial charge in [0.2, 0.25) is 0 Å². The number of nitrogens with zero attached hydrogens (tertiary/aromatic N) is 1. The fourth-order valence-electron chi connectivity index (χ4n) is 3.89. The highest BCUT2D eigenvalue weighted by atomic mass is 32.2. The van der Waals surface area contributed by atoms with E-state index in [9.17, 15) is 13.2 Å². The Hall–Kier alpha value is -3.32. The molecule has 0 spiro atoms. The van der Waals surface area contributed by atoms with Crippen molar-refractivity contribution in [1.29, 1.82) is 0 Å². The monoisotopic (exact) mass is 464 g/mol. The molecule has 1 amide bonds. The Bertz CT molecular complexity index is 1240. The molecule has 0 radical (unpaired) electrons. The van der Waals surface area contributed by atoms with Gasteiger partial charge in [0.25, 0.3) is 15.9 Å². The van der Waals surface area contributed by atoms with Gasteiger partial charge < -0.3 is 10.1 Å². The standard InChI is InChI=1S/C26H28N2O4S/c1-4-22(20-13-9-18(2)10-14-20)27-26(29)25-17-28(23-7-5-6-8-24(23)32-25)33(30,31)21-15-11-19(3)12-16-21/h5-16,22,25H,4,17H2,1-3H3,(H,27,29)/t22-,25+/m1/s1. The number of hydrogen-bond acceptors (Lipinski definition) is 4. The number of nitrogens with one attached hydrogen (secondary N) is 1. The van der Waals surface area contributed by atoms with Gasteiger partial charge in [0, 0.05) is 0 Å². The van der Waals surface area contributed by atoms with Crippen LogP contribution in [0.5, 0.6) is 5.75 Å². The molecule has 1 heterocycles. The number of para-hydroxylation sites is 2. The minimum atomic E-state index is -3.88. The number of hydrogen-bond donors (Lipinski definition) is 1. The maximum Gasteiger partial charge on any atom is 0.264 e. The maximum atomic E-state index is 13.5. The molecule has 172 valence electrons. The van der Waals surface area contributed by atoms with Gasteiger partial charge in [-0.2, -0.15) is 0 Å². The molecule has 0 saturated heterocycles. The Morgan fingerprint density at radius 2 is 1.61 bits per heavy atom. The minimum Gasteiger partial charge on any atom is -0.476 e. The predicted octanol–water partition coefficient (Wildman–Crippen LogP) is 4.53. The number of benzene rings is 3. The third-order valence-corrected chi connectivity index (χ3v) is 7.63. The number of fused-ring (bicyclic) bond motifs is 1. The van der Waals surface area contributed by atoms with E-state index in [4.69, 9.17) is 4.74 Å². The fourth-order valence-corrected chi connectivity index (χ4v) is 5.36. The number of ether oxygens (including phenoxy) is 1. The highest BCUT2D eigenvalue weighted by Crippen LogP contribution is 2.37. The van der Waals surface area contributed by atoms with E-state index in [2.05, 4.69) is 5.32 Å². The molecule has 6 nitrogen and oxygen atoms in total. The molecule has 4 rings (SSSR count). The van der Waals surface area contributed by atoms with Crippen molar-refractivity contribution in [2.24, 2.45) is 0 Å². The molecule has 0 fully saturated rings. The second-order valence-electron chi connectivity index (χ2n) is 8.30. The van der Waals surface area contributed by atoms with E-state index >= 15 is 0 Å². The summed E-state index contributed by atoms with van der Waals surface area (Å²) in [7, 11) is -3.88. The van der Waals surface area contributed by atoms with Crippen molar-refractivity contribution in [2.75, 3.05) is 10.8 Å². The van der Waals surface area contributed by atoms with Crippen LogP contribution in [-0.2, 0) is 14.8 Å². The van der Waals surface area contributed by atoms with Gasteiger partial charge >= 0.3 is 0 Å². The Labute approximate surface area is 195 Å². The van der Waals surface area contributed by atoms with Gasteiger partial charge in [-0.05, 0) is 50.1 Å². The van der Waals surface area contributed by atoms with E-state index < -0.39 is 16.1 Å². The number of amides is 1. The molecule has 3 aromatic rings. The average Bonchev–Trinajstić information content (AvgIpc) is 2.82. The fraction of sp³-hybridized carbons (Fsp3) is 0.269. The van der Waals surface area contributed by atoms with Gasteiger partial charge in [0.1, 0.15) is 5.75 Å². The zero-order valence-corrected chi connectivity index (χ0v) is 19.8. The Balaban J connectivity index is 1.62. The summed E-state index contributed by atoms with van der Waals surface area (Å²) in [5.41, 5.74) is 3.53. The Morgan fingerprint density at radius 1 is 1.00 bits per heavy atom. The highest BCUT2D eigenvalue weighted by molar-refractivity contribution is 7.92. The van der Waals surface area contributed by atoms with Crippen LogP contribution in [0, 0.1) is 13.8 Å². The molecule has 0 bridgehead atoms. The van der Waals surface area contributed by atoms with Crippen molar-refractivity contribution < 1.29 is 17.9 Å². The molecular formula is C26H28N2O4S. The summed E-state index contributed by atoms with van der Waals surface area (Å²) in [6.45, 7) is 5.80. The van der Waals surface area contributed by atoms with Crippen molar-refractivity contribution in [3.05, 3.63) is 89.5 Å². The van der Waals surface area contributed by atoms with Gasteiger partial charge in [-0.3, -0.25) is 9.10 Å². The zero-order valence-electron chi connectivity index (χ0n) is 19.0. The third kappa shape index (κ3) is 4.73. The molecule has 0 aliphatic carbocycles. The van der Waals surface area contributed by atoms with Crippen LogP contribution in [-0.4, -0.2) is 27.0 Å². The summed E-state index contributed by atoms with van der Waals surface area (Å²) in [5, 5.41) is 3.04. The number of aryl methyl sites for hydroxylation is 2. The third-order valence-electron chi connectivity index (χ3n) is 5.84. The van der Waals surface area contributed by atoms with Gasteiger partial charge in [-0.25, -0.2) is 8.42 Å². The molecule has 0 saturated carbocycles. The van der Waals surface area contributed by atoms with E-state index in [0.29, 0.717) is 17.9 Å². The van der Waals surface area contributed by atoms with Crippen LogP contribution in [0.3, 0.4) is 0 Å². The zero-order chi connectivity index (χ0) is 23.6. The quantitative estimate of drug-likeness (QED) is 0.582. The SMILES string of the molecule is CC[C@@H](NC(=O)[C@@H]1CN(S(=O)(=O)c2ccc(C)cc2)c2ccccc2O1)c1ccc(C)cc1. The summed E-state index contributed by atoms with van der Waals surface area (Å²) in [6.07, 6.45) is -0.275. The lowest BCUT2D eigenvalue weighted by molar-refractivity contribution is -0.128. The van der Waals surface area contributed by atoms with Crippen LogP contribution < -0.4 is 14.4 Å². The van der Waals surface area contributed by atoms with E-state index in [-0.39, 0.29) is 23.4 Å². The number of sulfonamides is 1. The topological polar surface area (TPSA) is 75.7 Å². The number of carbonyl (C=O) groups excluding carboxylic acids is 1. The van der Waals surface area contributed by atoms with Crippen molar-refractivity contribution in [3.8, 4) is 5.75 Å². The number of carbonyl (C=O) groups is 1. The number of rotatable bonds is 6. The van der Waals surface area contributed by atoms with Crippen molar-refractivity contribution in [2.45, 2.75) is 44.2 Å². The summed E-state index contributed by atoms with van der Waals surface area (Å²) in [6, 6.07) is 21.4. The first-order valence-electron chi connectivity index (χ1n) is 11.0. The molecule has 33 heavy (non-hydrogen) atoms. The van der Waals surface area contributed by atoms with Crippen molar-refractivity contribution >= 4 is 21.6 Å². The molecule has 2 atom stereocenters. The number of anilines is 1. The van der Waals surface area contributed by atoms with E-state index in [1.54, 1.807) is 48.5 Å². The van der Waals surface area contributed by atoms with Crippen LogP contribution in [0.1, 0.15) is 36.1 Å². The summed E-state index contributed by atoms with van der Waals surface area (Å²) in [4.78, 5) is 13.4. The summed E-state index contributed by atoms with van der Waals surface area (Å²) < 4.78 is 34.2. The summed E-state index contributed by atoms with van der Waals surface area (Å²) >= 11 is 0. The first-order chi connectivity index (χ1) is 15.8. The van der Waals surface area contributed by atoms with E-state index in [1.807, 2.05) is 45.0 Å². The lowest BCUT2D eigenvalue weighted by Gasteiger charge is -2.35. The molecule has 1 N–H and O–H groups in total. The molecule has 3 aromatic carbocycles. The Morgan fingerprint density at radius 3 is 2.24 bits per heavy atom. The average molecular weight is 465 g/mol. The lowest BCUT2D eigenvalue weighted by atomic mass is 10.0. The lowest BCUT2D eigenvalue weighted by Crippen LogP contribution is -2.51. The second kappa shape index (κ2) is 9.27. The largest absolute Gasteiger partial charge is 0.476 e. The molecular weight excluding hydrogens is 436 g/mol. The molecule has 7 heteroatoms. The normalized spacial score (nSPS) is 16.5. The van der Waals surface area contributed by atoms with Gasteiger partial charge in [-0.1, -0.05) is 66.6 Å². The van der Waals surface area contributed by atoms with Crippen LogP contribution in [0.15, 0.2) is 77.7 Å². The minimum absolute atomic E-state index is 0.108. The van der Waals surface area contributed by atoms with Crippen LogP contribution in [0.2, 0.25) is 0 Å². The smallest absolute Gasteiger partial charge is 0.264 e. The first kappa shape index (κ1) is 22.9. The van der Waals surface area contributed by atoms with Gasteiger partial charge in [0.15, 0.2) is 6.10 Å². The highest BCUT2D eigenvalue weighted by Gasteiger charge is 2.37. The van der Waals surface area contributed by atoms with Crippen molar-refractivity contribution in [3.63, 3.8) is 0 Å². The Kier molecular flexibility index (Phi) is 6.42. The molecule has 1 aliphatic rings. The second-order valence-corrected chi connectivity index (χ2v) is 10.2. The molecule has 0 unspecified atom stereocenters. The molecule has 1 aliphatic heterocycles. The van der Waals surface area contributed by atoms with Gasteiger partial charge in [0.05, 0.1) is 23.2 Å². The van der Waals surface area contributed by atoms with Gasteiger partial charge in [-0.15, -0.1) is 0 Å². The van der Waals surface area contributed by atoms with Crippen LogP contribution in [0.4, 0.5) is 5.69 Å². The van der Waals surface area contributed by atoms with E-state index in [1.165, 1.54) is 4.31 Å². The maximum absolute atomic E-state index is 13.5. The van der Waals surface area contributed by atoms with E-state index in [0.717, 1.165) is 16.7 Å². The first-order valence-corrected chi connectivity index (χ1v) is 12.5. The summed E-state index contributed by atoms with van der Waals surface area (Å²) in [5.74, 6) is 0.0176. The van der Waals surface area contributed by atoms with Crippen LogP contribution in [0.25, 0.3) is 0 Å². The predicted molar refractivity (Wildman–Crippen MR) is 129 cm³/mol. The molecule has 0 aromatic heterocycles. The van der Waals surface area contributed by atoms with Crippen LogP contribution >= 0.6 is 0 Å². The van der Waals surface area contributed by atoms with Crippen molar-refractivity contribution in [1.82, 2.24) is 5.32 Å².